The van der Waals surface area contributed by atoms with Crippen LogP contribution < -0.4 is 0 Å². The molecule has 0 aliphatic heterocycles. The van der Waals surface area contributed by atoms with Crippen LogP contribution in [0.4, 0.5) is 0 Å². The third-order valence-electron chi connectivity index (χ3n) is 3.03. The topological polar surface area (TPSA) is 40.5 Å². The number of carboxylic acid groups (broad SMARTS) is 1. The maximum atomic E-state index is 10.8. The molecule has 3 nitrogen and oxygen atoms in total. The molecule has 18 heavy (non-hydrogen) atoms. The molecule has 0 aliphatic carbocycles. The molecule has 1 unspecified atom stereocenters. The highest BCUT2D eigenvalue weighted by Crippen LogP contribution is 2.22. The molecule has 0 amide bonds. The molecule has 0 heterocycles. The van der Waals surface area contributed by atoms with E-state index >= 15 is 0 Å². The van der Waals surface area contributed by atoms with Crippen molar-refractivity contribution in [3.8, 4) is 0 Å². The molecule has 4 heteroatoms. The predicted molar refractivity (Wildman–Crippen MR) is 74.0 cm³/mol. The first kappa shape index (κ1) is 15.0. The Hall–Kier alpha value is -1.06. The standard InChI is InChI=1S/C14H20ClNO2/c1-4-11-6-5-7-13(15)12(11)9-16(3)8-10(2)14(17)18/h5-7,10H,4,8-9H2,1-3H3,(H,17,18). The van der Waals surface area contributed by atoms with E-state index in [-0.39, 0.29) is 5.92 Å². The monoisotopic (exact) mass is 269 g/mol. The van der Waals surface area contributed by atoms with Gasteiger partial charge in [0.25, 0.3) is 0 Å². The maximum Gasteiger partial charge on any atom is 0.307 e. The average Bonchev–Trinajstić information content (AvgIpc) is 2.31. The van der Waals surface area contributed by atoms with Crippen molar-refractivity contribution < 1.29 is 9.90 Å². The Morgan fingerprint density at radius 2 is 2.17 bits per heavy atom. The minimum Gasteiger partial charge on any atom is -0.481 e. The van der Waals surface area contributed by atoms with Gasteiger partial charge in [0.05, 0.1) is 5.92 Å². The van der Waals surface area contributed by atoms with E-state index in [4.69, 9.17) is 16.7 Å². The fraction of sp³-hybridized carbons (Fsp3) is 0.500. The third kappa shape index (κ3) is 4.00. The molecule has 1 aromatic carbocycles. The van der Waals surface area contributed by atoms with Crippen LogP contribution in [0.2, 0.25) is 5.02 Å². The lowest BCUT2D eigenvalue weighted by atomic mass is 10.0. The number of hydrogen-bond donors (Lipinski definition) is 1. The Morgan fingerprint density at radius 1 is 1.50 bits per heavy atom. The van der Waals surface area contributed by atoms with Gasteiger partial charge in [-0.15, -0.1) is 0 Å². The number of benzene rings is 1. The molecule has 0 saturated heterocycles. The zero-order chi connectivity index (χ0) is 13.7. The fourth-order valence-corrected chi connectivity index (χ4v) is 2.25. The molecular formula is C14H20ClNO2. The van der Waals surface area contributed by atoms with Crippen LogP contribution in [-0.2, 0) is 17.8 Å². The van der Waals surface area contributed by atoms with Crippen LogP contribution in [0, 0.1) is 5.92 Å². The third-order valence-corrected chi connectivity index (χ3v) is 3.39. The van der Waals surface area contributed by atoms with Crippen molar-refractivity contribution in [1.82, 2.24) is 4.90 Å². The normalized spacial score (nSPS) is 12.7. The Balaban J connectivity index is 2.75. The van der Waals surface area contributed by atoms with Crippen LogP contribution in [0.5, 0.6) is 0 Å². The molecule has 1 rings (SSSR count). The second-order valence-corrected chi connectivity index (χ2v) is 5.07. The first-order valence-corrected chi connectivity index (χ1v) is 6.51. The number of aliphatic carboxylic acids is 1. The van der Waals surface area contributed by atoms with E-state index < -0.39 is 5.97 Å². The molecule has 1 N–H and O–H groups in total. The Bertz CT molecular complexity index is 420. The largest absolute Gasteiger partial charge is 0.481 e. The van der Waals surface area contributed by atoms with Gasteiger partial charge in [-0.2, -0.15) is 0 Å². The number of hydrogen-bond acceptors (Lipinski definition) is 2. The van der Waals surface area contributed by atoms with Crippen molar-refractivity contribution in [3.63, 3.8) is 0 Å². The Kier molecular flexibility index (Phi) is 5.63. The fourth-order valence-electron chi connectivity index (χ4n) is 1.99. The second-order valence-electron chi connectivity index (χ2n) is 4.67. The van der Waals surface area contributed by atoms with Gasteiger partial charge in [0, 0.05) is 18.1 Å². The van der Waals surface area contributed by atoms with Crippen LogP contribution in [0.25, 0.3) is 0 Å². The van der Waals surface area contributed by atoms with E-state index in [1.807, 2.05) is 24.1 Å². The molecule has 100 valence electrons. The summed E-state index contributed by atoms with van der Waals surface area (Å²) in [6.45, 7) is 5.01. The van der Waals surface area contributed by atoms with E-state index in [9.17, 15) is 4.79 Å². The Labute approximate surface area is 113 Å². The minimum absolute atomic E-state index is 0.373. The molecule has 0 saturated carbocycles. The molecular weight excluding hydrogens is 250 g/mol. The molecule has 1 atom stereocenters. The number of aryl methyl sites for hydroxylation is 1. The quantitative estimate of drug-likeness (QED) is 0.863. The van der Waals surface area contributed by atoms with Crippen LogP contribution in [0.15, 0.2) is 18.2 Å². The predicted octanol–water partition coefficient (Wildman–Crippen LogP) is 3.05. The van der Waals surface area contributed by atoms with Crippen LogP contribution in [0.3, 0.4) is 0 Å². The van der Waals surface area contributed by atoms with Gasteiger partial charge in [0.2, 0.25) is 0 Å². The molecule has 1 aromatic rings. The molecule has 0 radical (unpaired) electrons. The van der Waals surface area contributed by atoms with Crippen molar-refractivity contribution in [3.05, 3.63) is 34.3 Å². The highest BCUT2D eigenvalue weighted by Gasteiger charge is 2.15. The number of halogens is 1. The van der Waals surface area contributed by atoms with Crippen LogP contribution in [-0.4, -0.2) is 29.6 Å². The number of carbonyl (C=O) groups is 1. The van der Waals surface area contributed by atoms with E-state index in [1.54, 1.807) is 6.92 Å². The SMILES string of the molecule is CCc1cccc(Cl)c1CN(C)CC(C)C(=O)O. The van der Waals surface area contributed by atoms with Gasteiger partial charge in [0.1, 0.15) is 0 Å². The second kappa shape index (κ2) is 6.76. The van der Waals surface area contributed by atoms with Gasteiger partial charge in [0.15, 0.2) is 0 Å². The zero-order valence-corrected chi connectivity index (χ0v) is 11.9. The van der Waals surface area contributed by atoms with Crippen molar-refractivity contribution >= 4 is 17.6 Å². The van der Waals surface area contributed by atoms with Crippen molar-refractivity contribution in [2.75, 3.05) is 13.6 Å². The molecule has 0 aromatic heterocycles. The first-order chi connectivity index (χ1) is 8.45. The maximum absolute atomic E-state index is 10.8. The summed E-state index contributed by atoms with van der Waals surface area (Å²) >= 11 is 6.21. The number of rotatable bonds is 6. The highest BCUT2D eigenvalue weighted by atomic mass is 35.5. The molecule has 0 spiro atoms. The van der Waals surface area contributed by atoms with Crippen molar-refractivity contribution in [2.24, 2.45) is 5.92 Å². The summed E-state index contributed by atoms with van der Waals surface area (Å²) in [6, 6.07) is 5.89. The summed E-state index contributed by atoms with van der Waals surface area (Å²) in [5.74, 6) is -1.14. The number of carboxylic acids is 1. The molecule has 0 fully saturated rings. The zero-order valence-electron chi connectivity index (χ0n) is 11.1. The van der Waals surface area contributed by atoms with Crippen molar-refractivity contribution in [1.29, 1.82) is 0 Å². The smallest absolute Gasteiger partial charge is 0.307 e. The van der Waals surface area contributed by atoms with Gasteiger partial charge >= 0.3 is 5.97 Å². The summed E-state index contributed by atoms with van der Waals surface area (Å²) in [5, 5.41) is 9.65. The summed E-state index contributed by atoms with van der Waals surface area (Å²) in [5.41, 5.74) is 2.32. The van der Waals surface area contributed by atoms with Gasteiger partial charge in [-0.3, -0.25) is 4.79 Å². The van der Waals surface area contributed by atoms with Gasteiger partial charge < -0.3 is 10.0 Å². The van der Waals surface area contributed by atoms with E-state index in [2.05, 4.69) is 13.0 Å². The van der Waals surface area contributed by atoms with E-state index in [0.29, 0.717) is 13.1 Å². The van der Waals surface area contributed by atoms with Gasteiger partial charge in [-0.25, -0.2) is 0 Å². The lowest BCUT2D eigenvalue weighted by Gasteiger charge is -2.21. The Morgan fingerprint density at radius 3 is 2.72 bits per heavy atom. The van der Waals surface area contributed by atoms with E-state index in [1.165, 1.54) is 5.56 Å². The summed E-state index contributed by atoms with van der Waals surface area (Å²) < 4.78 is 0. The average molecular weight is 270 g/mol. The summed E-state index contributed by atoms with van der Waals surface area (Å²) in [7, 11) is 1.92. The van der Waals surface area contributed by atoms with Gasteiger partial charge in [-0.05, 0) is 30.7 Å². The van der Waals surface area contributed by atoms with Crippen LogP contribution >= 0.6 is 11.6 Å². The van der Waals surface area contributed by atoms with Crippen LogP contribution in [0.1, 0.15) is 25.0 Å². The highest BCUT2D eigenvalue weighted by molar-refractivity contribution is 6.31. The lowest BCUT2D eigenvalue weighted by Crippen LogP contribution is -2.28. The minimum atomic E-state index is -0.767. The summed E-state index contributed by atoms with van der Waals surface area (Å²) in [6.07, 6.45) is 0.929. The van der Waals surface area contributed by atoms with E-state index in [0.717, 1.165) is 17.0 Å². The molecule has 0 aliphatic rings. The summed E-state index contributed by atoms with van der Waals surface area (Å²) in [4.78, 5) is 12.8. The molecule has 0 bridgehead atoms. The number of nitrogens with zero attached hydrogens (tertiary/aromatic N) is 1. The lowest BCUT2D eigenvalue weighted by molar-refractivity contribution is -0.141. The van der Waals surface area contributed by atoms with Gasteiger partial charge in [-0.1, -0.05) is 37.6 Å². The van der Waals surface area contributed by atoms with Crippen molar-refractivity contribution in [2.45, 2.75) is 26.8 Å². The first-order valence-electron chi connectivity index (χ1n) is 6.13.